The molecule has 0 amide bonds. The van der Waals surface area contributed by atoms with Crippen LogP contribution in [-0.2, 0) is 26.6 Å². The van der Waals surface area contributed by atoms with E-state index in [2.05, 4.69) is 5.32 Å². The van der Waals surface area contributed by atoms with Crippen LogP contribution < -0.4 is 5.32 Å². The van der Waals surface area contributed by atoms with Crippen molar-refractivity contribution >= 4 is 9.84 Å². The smallest absolute Gasteiger partial charge is 0.369 e. The normalized spacial score (nSPS) is 23.8. The number of aliphatic hydroxyl groups is 1. The van der Waals surface area contributed by atoms with Crippen molar-refractivity contribution in [3.05, 3.63) is 65.0 Å². The SMILES string of the molecule is O=S(=O)(c1ccc(F)cc1)[C@]12CCN[C@H]1CCCc1cc(C(O)(C(F)(F)F)C(F)(F)F)ccc12. The molecule has 4 rings (SSSR count). The molecule has 34 heavy (non-hydrogen) atoms. The molecule has 2 aromatic carbocycles. The van der Waals surface area contributed by atoms with Crippen LogP contribution in [0.4, 0.5) is 30.7 Å². The van der Waals surface area contributed by atoms with Crippen LogP contribution in [0.25, 0.3) is 0 Å². The van der Waals surface area contributed by atoms with E-state index < -0.39 is 50.0 Å². The fourth-order valence-corrected chi connectivity index (χ4v) is 7.49. The van der Waals surface area contributed by atoms with Gasteiger partial charge in [0.15, 0.2) is 9.84 Å². The minimum Gasteiger partial charge on any atom is -0.369 e. The number of fused-ring (bicyclic) bond motifs is 3. The molecule has 2 aliphatic rings. The van der Waals surface area contributed by atoms with Crippen LogP contribution in [0.1, 0.15) is 36.0 Å². The summed E-state index contributed by atoms with van der Waals surface area (Å²) in [6.07, 6.45) is -11.5. The van der Waals surface area contributed by atoms with E-state index in [1.165, 1.54) is 0 Å². The van der Waals surface area contributed by atoms with E-state index in [0.29, 0.717) is 25.0 Å². The van der Waals surface area contributed by atoms with Crippen LogP contribution in [0.2, 0.25) is 0 Å². The summed E-state index contributed by atoms with van der Waals surface area (Å²) in [5, 5.41) is 12.9. The van der Waals surface area contributed by atoms with Crippen molar-refractivity contribution in [1.29, 1.82) is 0 Å². The summed E-state index contributed by atoms with van der Waals surface area (Å²) in [7, 11) is -4.26. The molecule has 2 aromatic rings. The third-order valence-electron chi connectivity index (χ3n) is 6.79. The number of nitrogens with one attached hydrogen (secondary N) is 1. The number of halogens is 7. The van der Waals surface area contributed by atoms with Crippen LogP contribution in [0.5, 0.6) is 0 Å². The average Bonchev–Trinajstić information content (AvgIpc) is 3.10. The summed E-state index contributed by atoms with van der Waals surface area (Å²) in [4.78, 5) is -0.207. The topological polar surface area (TPSA) is 66.4 Å². The predicted octanol–water partition coefficient (Wildman–Crippen LogP) is 4.51. The number of hydrogen-bond acceptors (Lipinski definition) is 4. The van der Waals surface area contributed by atoms with Crippen LogP contribution in [0, 0.1) is 5.82 Å². The summed E-state index contributed by atoms with van der Waals surface area (Å²) in [5.74, 6) is -0.665. The van der Waals surface area contributed by atoms with E-state index in [4.69, 9.17) is 0 Å². The Morgan fingerprint density at radius 2 is 1.59 bits per heavy atom. The standard InChI is InChI=1S/C22H20F7NO3S/c23-15-5-7-16(8-6-15)34(32,33)19-10-11-30-18(19)3-1-2-13-12-14(4-9-17(13)19)20(31,21(24,25)26)22(27,28)29/h4-9,12,18,30-31H,1-3,10-11H2/t18-,19-/m0/s1. The zero-order valence-corrected chi connectivity index (χ0v) is 18.3. The highest BCUT2D eigenvalue weighted by atomic mass is 32.2. The Morgan fingerprint density at radius 1 is 0.971 bits per heavy atom. The molecule has 0 unspecified atom stereocenters. The first-order chi connectivity index (χ1) is 15.7. The maximum Gasteiger partial charge on any atom is 0.430 e. The fourth-order valence-electron chi connectivity index (χ4n) is 5.14. The van der Waals surface area contributed by atoms with Crippen LogP contribution in [0.3, 0.4) is 0 Å². The molecular formula is C22H20F7NO3S. The van der Waals surface area contributed by atoms with Crippen molar-refractivity contribution < 1.29 is 44.3 Å². The summed E-state index contributed by atoms with van der Waals surface area (Å²) in [5.41, 5.74) is -6.47. The lowest BCUT2D eigenvalue weighted by Gasteiger charge is -2.36. The second kappa shape index (κ2) is 7.92. The number of alkyl halides is 6. The molecule has 1 aliphatic heterocycles. The highest BCUT2D eigenvalue weighted by Gasteiger charge is 2.71. The molecule has 0 aromatic heterocycles. The van der Waals surface area contributed by atoms with Crippen molar-refractivity contribution in [3.63, 3.8) is 0 Å². The Labute approximate surface area is 190 Å². The quantitative estimate of drug-likeness (QED) is 0.471. The van der Waals surface area contributed by atoms with Gasteiger partial charge in [-0.15, -0.1) is 0 Å². The van der Waals surface area contributed by atoms with Gasteiger partial charge in [0, 0.05) is 11.6 Å². The van der Waals surface area contributed by atoms with Gasteiger partial charge in [0.2, 0.25) is 0 Å². The van der Waals surface area contributed by atoms with Crippen molar-refractivity contribution in [2.24, 2.45) is 0 Å². The molecule has 1 saturated heterocycles. The van der Waals surface area contributed by atoms with Gasteiger partial charge < -0.3 is 10.4 Å². The Balaban J connectivity index is 1.95. The van der Waals surface area contributed by atoms with Gasteiger partial charge in [-0.05, 0) is 67.6 Å². The van der Waals surface area contributed by atoms with Gasteiger partial charge in [0.05, 0.1) is 4.90 Å². The highest BCUT2D eigenvalue weighted by molar-refractivity contribution is 7.92. The Kier molecular flexibility index (Phi) is 5.81. The highest BCUT2D eigenvalue weighted by Crippen LogP contribution is 2.53. The number of aryl methyl sites for hydroxylation is 1. The summed E-state index contributed by atoms with van der Waals surface area (Å²) in [6, 6.07) is 5.49. The molecule has 1 heterocycles. The zero-order chi connectivity index (χ0) is 25.2. The first-order valence-corrected chi connectivity index (χ1v) is 11.9. The van der Waals surface area contributed by atoms with Gasteiger partial charge in [0.1, 0.15) is 10.6 Å². The largest absolute Gasteiger partial charge is 0.430 e. The minimum atomic E-state index is -6.06. The monoisotopic (exact) mass is 511 g/mol. The molecule has 1 fully saturated rings. The Hall–Kier alpha value is -2.18. The molecule has 2 N–H and O–H groups in total. The first kappa shape index (κ1) is 24.9. The third kappa shape index (κ3) is 3.44. The van der Waals surface area contributed by atoms with Crippen molar-refractivity contribution in [1.82, 2.24) is 5.32 Å². The van der Waals surface area contributed by atoms with E-state index in [1.54, 1.807) is 0 Å². The maximum absolute atomic E-state index is 13.8. The van der Waals surface area contributed by atoms with Gasteiger partial charge >= 0.3 is 12.4 Å². The van der Waals surface area contributed by atoms with Gasteiger partial charge in [-0.2, -0.15) is 26.3 Å². The lowest BCUT2D eigenvalue weighted by molar-refractivity contribution is -0.376. The number of benzene rings is 2. The molecule has 4 nitrogen and oxygen atoms in total. The van der Waals surface area contributed by atoms with E-state index in [9.17, 15) is 44.3 Å². The van der Waals surface area contributed by atoms with Crippen LogP contribution >= 0.6 is 0 Å². The molecule has 12 heteroatoms. The number of rotatable bonds is 3. The maximum atomic E-state index is 13.8. The molecular weight excluding hydrogens is 491 g/mol. The van der Waals surface area contributed by atoms with Gasteiger partial charge in [-0.25, -0.2) is 12.8 Å². The molecule has 0 spiro atoms. The Bertz CT molecular complexity index is 1180. The van der Waals surface area contributed by atoms with Gasteiger partial charge in [-0.1, -0.05) is 18.2 Å². The first-order valence-electron chi connectivity index (χ1n) is 10.4. The van der Waals surface area contributed by atoms with Crippen molar-refractivity contribution in [2.75, 3.05) is 6.54 Å². The molecule has 0 saturated carbocycles. The molecule has 186 valence electrons. The van der Waals surface area contributed by atoms with E-state index in [-0.39, 0.29) is 35.4 Å². The fraction of sp³-hybridized carbons (Fsp3) is 0.455. The van der Waals surface area contributed by atoms with E-state index in [0.717, 1.165) is 30.3 Å². The van der Waals surface area contributed by atoms with Gasteiger partial charge in [0.25, 0.3) is 5.60 Å². The van der Waals surface area contributed by atoms with Crippen LogP contribution in [-0.4, -0.2) is 38.5 Å². The van der Waals surface area contributed by atoms with Crippen molar-refractivity contribution in [3.8, 4) is 0 Å². The van der Waals surface area contributed by atoms with Crippen LogP contribution in [0.15, 0.2) is 47.4 Å². The molecule has 0 bridgehead atoms. The summed E-state index contributed by atoms with van der Waals surface area (Å²) in [6.45, 7) is 0.251. The molecule has 2 atom stereocenters. The average molecular weight is 511 g/mol. The lowest BCUT2D eigenvalue weighted by Crippen LogP contribution is -2.54. The Morgan fingerprint density at radius 3 is 2.18 bits per heavy atom. The summed E-state index contributed by atoms with van der Waals surface area (Å²) >= 11 is 0. The molecule has 0 radical (unpaired) electrons. The lowest BCUT2D eigenvalue weighted by atomic mass is 9.84. The molecule has 1 aliphatic carbocycles. The predicted molar refractivity (Wildman–Crippen MR) is 107 cm³/mol. The number of hydrogen-bond donors (Lipinski definition) is 2. The number of sulfone groups is 1. The third-order valence-corrected chi connectivity index (χ3v) is 9.35. The minimum absolute atomic E-state index is 0.0127. The van der Waals surface area contributed by atoms with Crippen molar-refractivity contribution in [2.45, 2.75) is 59.3 Å². The van der Waals surface area contributed by atoms with Gasteiger partial charge in [-0.3, -0.25) is 0 Å². The zero-order valence-electron chi connectivity index (χ0n) is 17.5. The summed E-state index contributed by atoms with van der Waals surface area (Å²) < 4.78 is 120. The van der Waals surface area contributed by atoms with E-state index >= 15 is 0 Å². The second-order valence-electron chi connectivity index (χ2n) is 8.57. The second-order valence-corrected chi connectivity index (χ2v) is 10.8. The van der Waals surface area contributed by atoms with E-state index in [1.807, 2.05) is 0 Å².